The van der Waals surface area contributed by atoms with Crippen molar-refractivity contribution < 1.29 is 28.8 Å². The maximum Gasteiger partial charge on any atom is 0.345 e. The highest BCUT2D eigenvalue weighted by atomic mass is 16.2. The van der Waals surface area contributed by atoms with Crippen LogP contribution in [-0.4, -0.2) is 49.1 Å². The molecule has 10 rings (SSSR count). The van der Waals surface area contributed by atoms with Crippen LogP contribution < -0.4 is 31.8 Å². The summed E-state index contributed by atoms with van der Waals surface area (Å²) >= 11 is 0. The van der Waals surface area contributed by atoms with Gasteiger partial charge >= 0.3 is 17.1 Å². The number of anilines is 3. The molecule has 0 atom stereocenters. The van der Waals surface area contributed by atoms with Gasteiger partial charge in [-0.25, -0.2) is 42.8 Å². The van der Waals surface area contributed by atoms with E-state index in [1.165, 1.54) is 109 Å². The SMILES string of the molecule is O=C1c2ccccc2C(=O)N1c1ccc(-n2c(=O)n(-c3ccc(N4C(=O)c5ccccc5C4=O)cc3)c(=O)n(-c3ccc(N4C(=O)c5ccccc5C4=O)cc3)c2=O)cc1. The summed E-state index contributed by atoms with van der Waals surface area (Å²) in [5, 5.41) is 0. The number of aromatic nitrogens is 3. The van der Waals surface area contributed by atoms with E-state index in [4.69, 9.17) is 0 Å². The highest BCUT2D eigenvalue weighted by Gasteiger charge is 2.38. The molecule has 15 heteroatoms. The maximum atomic E-state index is 14.4. The van der Waals surface area contributed by atoms with Crippen LogP contribution in [-0.2, 0) is 0 Å². The fourth-order valence-electron chi connectivity index (χ4n) is 7.73. The van der Waals surface area contributed by atoms with Crippen molar-refractivity contribution in [3.05, 3.63) is 210 Å². The number of rotatable bonds is 6. The Labute approximate surface area is 336 Å². The van der Waals surface area contributed by atoms with Gasteiger partial charge in [0.25, 0.3) is 35.4 Å². The normalized spacial score (nSPS) is 14.3. The van der Waals surface area contributed by atoms with E-state index in [0.29, 0.717) is 0 Å². The van der Waals surface area contributed by atoms with Crippen molar-refractivity contribution in [2.24, 2.45) is 0 Å². The minimum Gasteiger partial charge on any atom is -0.268 e. The summed E-state index contributed by atoms with van der Waals surface area (Å²) in [7, 11) is 0. The highest BCUT2D eigenvalue weighted by molar-refractivity contribution is 6.36. The second kappa shape index (κ2) is 13.1. The molecule has 288 valence electrons. The van der Waals surface area contributed by atoms with E-state index in [1.807, 2.05) is 0 Å². The third-order valence-electron chi connectivity index (χ3n) is 10.6. The summed E-state index contributed by atoms with van der Waals surface area (Å²) in [6, 6.07) is 35.4. The fraction of sp³-hybridized carbons (Fsp3) is 0. The van der Waals surface area contributed by atoms with E-state index in [1.54, 1.807) is 36.4 Å². The molecule has 0 fully saturated rings. The lowest BCUT2D eigenvalue weighted by molar-refractivity contribution is 0.0910. The van der Waals surface area contributed by atoms with Crippen molar-refractivity contribution in [3.8, 4) is 17.1 Å². The highest BCUT2D eigenvalue weighted by Crippen LogP contribution is 2.31. The van der Waals surface area contributed by atoms with Crippen LogP contribution in [0.25, 0.3) is 17.1 Å². The van der Waals surface area contributed by atoms with E-state index < -0.39 is 52.5 Å². The molecule has 0 saturated heterocycles. The van der Waals surface area contributed by atoms with Crippen molar-refractivity contribution in [1.82, 2.24) is 13.7 Å². The molecule has 60 heavy (non-hydrogen) atoms. The molecule has 7 aromatic rings. The van der Waals surface area contributed by atoms with Gasteiger partial charge in [0.2, 0.25) is 0 Å². The Morgan fingerprint density at radius 1 is 0.217 bits per heavy atom. The number of nitrogens with zero attached hydrogens (tertiary/aromatic N) is 6. The number of hydrogen-bond acceptors (Lipinski definition) is 9. The number of imide groups is 3. The number of benzene rings is 6. The molecule has 0 N–H and O–H groups in total. The quantitative estimate of drug-likeness (QED) is 0.219. The standard InChI is InChI=1S/C45H24N6O9/c52-37-31-7-1-2-8-32(31)38(53)46(37)25-13-19-28(20-14-25)49-43(58)50(29-21-15-26(16-22-29)47-39(54)33-9-3-4-10-34(33)40(47)55)45(60)51(44(49)59)30-23-17-27(18-24-30)48-41(56)35-11-5-6-12-36(35)42(48)57/h1-24H. The Hall–Kier alpha value is -8.85. The minimum atomic E-state index is -1.09. The van der Waals surface area contributed by atoms with Crippen LogP contribution >= 0.6 is 0 Å². The molecule has 1 aromatic heterocycles. The molecule has 0 saturated carbocycles. The summed E-state index contributed by atoms with van der Waals surface area (Å²) in [5.74, 6) is -3.30. The number of amides is 6. The Morgan fingerprint density at radius 3 is 0.567 bits per heavy atom. The van der Waals surface area contributed by atoms with E-state index in [0.717, 1.165) is 28.4 Å². The molecule has 4 heterocycles. The van der Waals surface area contributed by atoms with Crippen molar-refractivity contribution in [1.29, 1.82) is 0 Å². The molecule has 0 unspecified atom stereocenters. The summed E-state index contributed by atoms with van der Waals surface area (Å²) in [4.78, 5) is 125. The van der Waals surface area contributed by atoms with E-state index in [9.17, 15) is 43.2 Å². The Morgan fingerprint density at radius 2 is 0.383 bits per heavy atom. The molecule has 15 nitrogen and oxygen atoms in total. The van der Waals surface area contributed by atoms with Gasteiger partial charge in [-0.1, -0.05) is 36.4 Å². The van der Waals surface area contributed by atoms with Gasteiger partial charge in [-0.2, -0.15) is 0 Å². The molecular weight excluding hydrogens is 769 g/mol. The monoisotopic (exact) mass is 792 g/mol. The van der Waals surface area contributed by atoms with Gasteiger partial charge in [0.05, 0.1) is 67.5 Å². The van der Waals surface area contributed by atoms with Crippen LogP contribution in [0.3, 0.4) is 0 Å². The van der Waals surface area contributed by atoms with Gasteiger partial charge in [0.1, 0.15) is 0 Å². The number of hydrogen-bond donors (Lipinski definition) is 0. The van der Waals surface area contributed by atoms with Crippen LogP contribution in [0.15, 0.2) is 160 Å². The predicted octanol–water partition coefficient (Wildman–Crippen LogP) is 4.54. The topological polar surface area (TPSA) is 178 Å². The first kappa shape index (κ1) is 35.6. The lowest BCUT2D eigenvalue weighted by Crippen LogP contribution is -2.52. The average Bonchev–Trinajstić information content (AvgIpc) is 3.79. The number of carbonyl (C=O) groups is 6. The zero-order valence-electron chi connectivity index (χ0n) is 30.7. The van der Waals surface area contributed by atoms with Gasteiger partial charge < -0.3 is 0 Å². The van der Waals surface area contributed by atoms with Crippen molar-refractivity contribution in [2.75, 3.05) is 14.7 Å². The van der Waals surface area contributed by atoms with Gasteiger partial charge in [-0.15, -0.1) is 0 Å². The second-order valence-corrected chi connectivity index (χ2v) is 13.9. The molecule has 0 aliphatic carbocycles. The molecular formula is C45H24N6O9. The molecule has 6 amide bonds. The largest absolute Gasteiger partial charge is 0.345 e. The predicted molar refractivity (Wildman–Crippen MR) is 216 cm³/mol. The van der Waals surface area contributed by atoms with Crippen molar-refractivity contribution >= 4 is 52.5 Å². The molecule has 0 bridgehead atoms. The first-order chi connectivity index (χ1) is 29.0. The van der Waals surface area contributed by atoms with Crippen molar-refractivity contribution in [2.45, 2.75) is 0 Å². The van der Waals surface area contributed by atoms with Crippen LogP contribution in [0.4, 0.5) is 17.1 Å². The smallest absolute Gasteiger partial charge is 0.268 e. The Bertz CT molecular complexity index is 2810. The molecule has 6 aromatic carbocycles. The zero-order chi connectivity index (χ0) is 41.6. The third kappa shape index (κ3) is 5.05. The molecule has 0 radical (unpaired) electrons. The van der Waals surface area contributed by atoms with E-state index in [2.05, 4.69) is 0 Å². The van der Waals surface area contributed by atoms with Gasteiger partial charge in [0.15, 0.2) is 0 Å². The minimum absolute atomic E-state index is 0.0295. The summed E-state index contributed by atoms with van der Waals surface area (Å²) in [6.45, 7) is 0. The molecule has 3 aliphatic rings. The van der Waals surface area contributed by atoms with Crippen LogP contribution in [0, 0.1) is 0 Å². The van der Waals surface area contributed by atoms with Crippen LogP contribution in [0.5, 0.6) is 0 Å². The van der Waals surface area contributed by atoms with Gasteiger partial charge in [-0.05, 0) is 109 Å². The second-order valence-electron chi connectivity index (χ2n) is 13.9. The zero-order valence-corrected chi connectivity index (χ0v) is 30.7. The van der Waals surface area contributed by atoms with Gasteiger partial charge in [-0.3, -0.25) is 28.8 Å². The lowest BCUT2D eigenvalue weighted by Gasteiger charge is -2.18. The van der Waals surface area contributed by atoms with E-state index >= 15 is 0 Å². The average molecular weight is 793 g/mol. The molecule has 0 spiro atoms. The van der Waals surface area contributed by atoms with Gasteiger partial charge in [0, 0.05) is 0 Å². The van der Waals surface area contributed by atoms with E-state index in [-0.39, 0.29) is 67.5 Å². The maximum absolute atomic E-state index is 14.4. The Kier molecular flexibility index (Phi) is 7.77. The number of fused-ring (bicyclic) bond motifs is 3. The first-order valence-corrected chi connectivity index (χ1v) is 18.3. The summed E-state index contributed by atoms with van der Waals surface area (Å²) in [5.41, 5.74) is -1.53. The first-order valence-electron chi connectivity index (χ1n) is 18.3. The summed E-state index contributed by atoms with van der Waals surface area (Å²) < 4.78 is 2.18. The fourth-order valence-corrected chi connectivity index (χ4v) is 7.73. The lowest BCUT2D eigenvalue weighted by atomic mass is 10.1. The van der Waals surface area contributed by atoms with Crippen LogP contribution in [0.2, 0.25) is 0 Å². The molecule has 3 aliphatic heterocycles. The third-order valence-corrected chi connectivity index (χ3v) is 10.6. The van der Waals surface area contributed by atoms with Crippen molar-refractivity contribution in [3.63, 3.8) is 0 Å². The Balaban J connectivity index is 1.08. The summed E-state index contributed by atoms with van der Waals surface area (Å²) in [6.07, 6.45) is 0. The van der Waals surface area contributed by atoms with Crippen LogP contribution in [0.1, 0.15) is 62.1 Å². The number of carbonyl (C=O) groups excluding carboxylic acids is 6.